The highest BCUT2D eigenvalue weighted by Crippen LogP contribution is 2.27. The van der Waals surface area contributed by atoms with Crippen LogP contribution in [-0.4, -0.2) is 26.4 Å². The summed E-state index contributed by atoms with van der Waals surface area (Å²) in [6, 6.07) is 17.9. The molecule has 1 aromatic heterocycles. The first-order valence-electron chi connectivity index (χ1n) is 7.98. The van der Waals surface area contributed by atoms with Gasteiger partial charge in [-0.3, -0.25) is 9.52 Å². The van der Waals surface area contributed by atoms with Gasteiger partial charge in [-0.15, -0.1) is 0 Å². The molecule has 0 aliphatic carbocycles. The lowest BCUT2D eigenvalue weighted by molar-refractivity contribution is 0.102. The summed E-state index contributed by atoms with van der Waals surface area (Å²) in [6.07, 6.45) is 1.47. The summed E-state index contributed by atoms with van der Waals surface area (Å²) in [5, 5.41) is 2.72. The van der Waals surface area contributed by atoms with Gasteiger partial charge in [0.05, 0.1) is 7.11 Å². The molecule has 3 rings (SSSR count). The number of methoxy groups -OCH3 is 1. The zero-order chi connectivity index (χ0) is 19.3. The second kappa shape index (κ2) is 7.88. The van der Waals surface area contributed by atoms with E-state index in [4.69, 9.17) is 4.74 Å². The molecule has 1 heterocycles. The summed E-state index contributed by atoms with van der Waals surface area (Å²) in [6.45, 7) is 0. The van der Waals surface area contributed by atoms with E-state index in [9.17, 15) is 13.2 Å². The molecule has 27 heavy (non-hydrogen) atoms. The Morgan fingerprint density at radius 3 is 2.41 bits per heavy atom. The average molecular weight is 383 g/mol. The Hall–Kier alpha value is -3.39. The maximum absolute atomic E-state index is 12.8. The number of sulfonamides is 1. The Bertz CT molecular complexity index is 1040. The zero-order valence-electron chi connectivity index (χ0n) is 14.4. The normalized spacial score (nSPS) is 10.9. The molecule has 3 aromatic rings. The predicted octanol–water partition coefficient (Wildman–Crippen LogP) is 3.14. The van der Waals surface area contributed by atoms with Crippen molar-refractivity contribution in [1.82, 2.24) is 4.98 Å². The molecule has 0 spiro atoms. The van der Waals surface area contributed by atoms with Crippen molar-refractivity contribution in [2.75, 3.05) is 17.1 Å². The molecule has 8 heteroatoms. The Balaban J connectivity index is 1.92. The number of para-hydroxylation sites is 1. The van der Waals surface area contributed by atoms with Crippen molar-refractivity contribution >= 4 is 27.4 Å². The van der Waals surface area contributed by atoms with Crippen molar-refractivity contribution in [3.8, 4) is 5.75 Å². The Morgan fingerprint density at radius 1 is 1.00 bits per heavy atom. The van der Waals surface area contributed by atoms with E-state index in [0.717, 1.165) is 0 Å². The second-order valence-corrected chi connectivity index (χ2v) is 7.16. The van der Waals surface area contributed by atoms with E-state index in [2.05, 4.69) is 15.0 Å². The molecule has 0 atom stereocenters. The van der Waals surface area contributed by atoms with Crippen LogP contribution in [0.2, 0.25) is 0 Å². The molecule has 0 saturated carbocycles. The van der Waals surface area contributed by atoms with Gasteiger partial charge in [-0.25, -0.2) is 13.4 Å². The quantitative estimate of drug-likeness (QED) is 0.681. The van der Waals surface area contributed by atoms with Gasteiger partial charge in [-0.2, -0.15) is 0 Å². The maximum atomic E-state index is 12.8. The third-order valence-corrected chi connectivity index (χ3v) is 5.03. The summed E-state index contributed by atoms with van der Waals surface area (Å²) < 4.78 is 33.0. The van der Waals surface area contributed by atoms with Crippen LogP contribution < -0.4 is 14.8 Å². The van der Waals surface area contributed by atoms with Gasteiger partial charge in [0.2, 0.25) is 0 Å². The lowest BCUT2D eigenvalue weighted by Crippen LogP contribution is -2.17. The largest absolute Gasteiger partial charge is 0.495 e. The molecule has 0 aliphatic rings. The van der Waals surface area contributed by atoms with Crippen molar-refractivity contribution in [3.05, 3.63) is 78.5 Å². The maximum Gasteiger partial charge on any atom is 0.266 e. The van der Waals surface area contributed by atoms with Crippen molar-refractivity contribution in [1.29, 1.82) is 0 Å². The minimum atomic E-state index is -4.00. The lowest BCUT2D eigenvalue weighted by Gasteiger charge is -2.13. The standard InChI is InChI=1S/C19H17N3O4S/c1-26-16-11-10-14(19(23)21-15-7-3-2-4-8-15)13-17(16)27(24,25)22-18-9-5-6-12-20-18/h2-13H,1H3,(H,20,22)(H,21,23). The first-order chi connectivity index (χ1) is 13.0. The van der Waals surface area contributed by atoms with Gasteiger partial charge in [0.1, 0.15) is 16.5 Å². The second-order valence-electron chi connectivity index (χ2n) is 5.51. The number of hydrogen-bond acceptors (Lipinski definition) is 5. The molecule has 0 aliphatic heterocycles. The summed E-state index contributed by atoms with van der Waals surface area (Å²) in [5.74, 6) is -0.147. The van der Waals surface area contributed by atoms with E-state index in [1.165, 1.54) is 37.6 Å². The van der Waals surface area contributed by atoms with Gasteiger partial charge in [0, 0.05) is 17.4 Å². The molecule has 0 fully saturated rings. The van der Waals surface area contributed by atoms with Crippen LogP contribution in [-0.2, 0) is 10.0 Å². The molecule has 2 aromatic carbocycles. The van der Waals surface area contributed by atoms with Gasteiger partial charge >= 0.3 is 0 Å². The average Bonchev–Trinajstić information content (AvgIpc) is 2.68. The number of anilines is 2. The lowest BCUT2D eigenvalue weighted by atomic mass is 10.2. The van der Waals surface area contributed by atoms with Gasteiger partial charge < -0.3 is 10.1 Å². The van der Waals surface area contributed by atoms with Crippen LogP contribution in [0.1, 0.15) is 10.4 Å². The molecule has 0 radical (unpaired) electrons. The molecule has 2 N–H and O–H groups in total. The van der Waals surface area contributed by atoms with Crippen LogP contribution in [0.3, 0.4) is 0 Å². The van der Waals surface area contributed by atoms with E-state index in [1.54, 1.807) is 36.4 Å². The van der Waals surface area contributed by atoms with Crippen LogP contribution >= 0.6 is 0 Å². The van der Waals surface area contributed by atoms with Gasteiger partial charge in [0.15, 0.2) is 0 Å². The van der Waals surface area contributed by atoms with Crippen molar-refractivity contribution in [3.63, 3.8) is 0 Å². The van der Waals surface area contributed by atoms with Crippen LogP contribution in [0.25, 0.3) is 0 Å². The number of pyridine rings is 1. The number of hydrogen-bond donors (Lipinski definition) is 2. The minimum absolute atomic E-state index is 0.120. The van der Waals surface area contributed by atoms with Gasteiger partial charge in [-0.05, 0) is 42.5 Å². The third-order valence-electron chi connectivity index (χ3n) is 3.65. The van der Waals surface area contributed by atoms with Gasteiger partial charge in [0.25, 0.3) is 15.9 Å². The van der Waals surface area contributed by atoms with E-state index in [1.807, 2.05) is 6.07 Å². The number of amides is 1. The number of carbonyl (C=O) groups is 1. The van der Waals surface area contributed by atoms with Crippen molar-refractivity contribution < 1.29 is 17.9 Å². The van der Waals surface area contributed by atoms with Gasteiger partial charge in [-0.1, -0.05) is 24.3 Å². The smallest absolute Gasteiger partial charge is 0.266 e. The highest BCUT2D eigenvalue weighted by Gasteiger charge is 2.22. The molecule has 0 bridgehead atoms. The Morgan fingerprint density at radius 2 is 1.74 bits per heavy atom. The number of nitrogens with zero attached hydrogens (tertiary/aromatic N) is 1. The van der Waals surface area contributed by atoms with E-state index >= 15 is 0 Å². The number of nitrogens with one attached hydrogen (secondary N) is 2. The fraction of sp³-hybridized carbons (Fsp3) is 0.0526. The predicted molar refractivity (Wildman–Crippen MR) is 102 cm³/mol. The summed E-state index contributed by atoms with van der Waals surface area (Å²) in [4.78, 5) is 16.3. The van der Waals surface area contributed by atoms with E-state index in [-0.39, 0.29) is 22.0 Å². The minimum Gasteiger partial charge on any atom is -0.495 e. The zero-order valence-corrected chi connectivity index (χ0v) is 15.2. The number of carbonyl (C=O) groups excluding carboxylic acids is 1. The molecular weight excluding hydrogens is 366 g/mol. The van der Waals surface area contributed by atoms with Crippen LogP contribution in [0.15, 0.2) is 77.8 Å². The number of aromatic nitrogens is 1. The summed E-state index contributed by atoms with van der Waals surface area (Å²) in [5.41, 5.74) is 0.787. The highest BCUT2D eigenvalue weighted by atomic mass is 32.2. The molecule has 7 nitrogen and oxygen atoms in total. The number of rotatable bonds is 6. The molecular formula is C19H17N3O4S. The number of benzene rings is 2. The Kier molecular flexibility index (Phi) is 5.37. The fourth-order valence-electron chi connectivity index (χ4n) is 2.37. The molecule has 138 valence electrons. The van der Waals surface area contributed by atoms with Crippen LogP contribution in [0.4, 0.5) is 11.5 Å². The summed E-state index contributed by atoms with van der Waals surface area (Å²) in [7, 11) is -2.64. The summed E-state index contributed by atoms with van der Waals surface area (Å²) >= 11 is 0. The van der Waals surface area contributed by atoms with Crippen LogP contribution in [0, 0.1) is 0 Å². The third kappa shape index (κ3) is 4.42. The highest BCUT2D eigenvalue weighted by molar-refractivity contribution is 7.92. The first kappa shape index (κ1) is 18.4. The van der Waals surface area contributed by atoms with E-state index < -0.39 is 15.9 Å². The fourth-order valence-corrected chi connectivity index (χ4v) is 3.57. The molecule has 0 saturated heterocycles. The van der Waals surface area contributed by atoms with Crippen molar-refractivity contribution in [2.24, 2.45) is 0 Å². The van der Waals surface area contributed by atoms with E-state index in [0.29, 0.717) is 5.69 Å². The molecule has 0 unspecified atom stereocenters. The Labute approximate surface area is 157 Å². The first-order valence-corrected chi connectivity index (χ1v) is 9.46. The molecule has 1 amide bonds. The van der Waals surface area contributed by atoms with Crippen molar-refractivity contribution in [2.45, 2.75) is 4.90 Å². The topological polar surface area (TPSA) is 97.4 Å². The monoisotopic (exact) mass is 383 g/mol. The number of ether oxygens (including phenoxy) is 1. The van der Waals surface area contributed by atoms with Crippen LogP contribution in [0.5, 0.6) is 5.75 Å². The SMILES string of the molecule is COc1ccc(C(=O)Nc2ccccc2)cc1S(=O)(=O)Nc1ccccn1.